The summed E-state index contributed by atoms with van der Waals surface area (Å²) < 4.78 is 1.58. The van der Waals surface area contributed by atoms with Crippen LogP contribution < -0.4 is 5.69 Å². The molecule has 0 spiro atoms. The molecule has 1 N–H and O–H groups in total. The maximum Gasteiger partial charge on any atom is 0.343 e. The number of carbonyl (C=O) groups excluding carboxylic acids is 1. The van der Waals surface area contributed by atoms with E-state index in [2.05, 4.69) is 16.3 Å². The molecule has 0 unspecified atom stereocenters. The number of aryl methyl sites for hydroxylation is 2. The third-order valence-corrected chi connectivity index (χ3v) is 4.90. The molecule has 2 aromatic rings. The number of Topliss-reactive ketones (excluding diaryl/α,β-unsaturated/α-hetero) is 1. The number of H-pyrrole nitrogens is 1. The monoisotopic (exact) mass is 317 g/mol. The lowest BCUT2D eigenvalue weighted by Gasteiger charge is -2.05. The molecule has 0 saturated carbocycles. The van der Waals surface area contributed by atoms with Gasteiger partial charge in [-0.3, -0.25) is 9.36 Å². The third kappa shape index (κ3) is 3.02. The van der Waals surface area contributed by atoms with Gasteiger partial charge >= 0.3 is 5.69 Å². The molecule has 5 nitrogen and oxygen atoms in total. The summed E-state index contributed by atoms with van der Waals surface area (Å²) in [4.78, 5) is 24.0. The summed E-state index contributed by atoms with van der Waals surface area (Å²) in [6.45, 7) is 2.62. The van der Waals surface area contributed by atoms with E-state index >= 15 is 0 Å². The number of hydrogen-bond donors (Lipinski definition) is 1. The normalized spacial score (nSPS) is 13.3. The number of aromatic nitrogens is 3. The molecule has 1 aliphatic rings. The van der Waals surface area contributed by atoms with Gasteiger partial charge in [-0.15, -0.1) is 5.10 Å². The number of fused-ring (bicyclic) bond motifs is 1. The molecule has 0 saturated heterocycles. The molecule has 0 fully saturated rings. The van der Waals surface area contributed by atoms with Gasteiger partial charge in [0.15, 0.2) is 10.9 Å². The molecule has 1 heterocycles. The zero-order valence-electron chi connectivity index (χ0n) is 12.6. The Morgan fingerprint density at radius 2 is 2.18 bits per heavy atom. The first-order valence-electron chi connectivity index (χ1n) is 7.62. The second-order valence-corrected chi connectivity index (χ2v) is 6.45. The molecule has 116 valence electrons. The number of rotatable bonds is 6. The zero-order valence-corrected chi connectivity index (χ0v) is 13.4. The van der Waals surface area contributed by atoms with Crippen LogP contribution in [0, 0.1) is 0 Å². The Labute approximate surface area is 133 Å². The van der Waals surface area contributed by atoms with E-state index in [1.54, 1.807) is 4.57 Å². The van der Waals surface area contributed by atoms with E-state index in [9.17, 15) is 9.59 Å². The van der Waals surface area contributed by atoms with E-state index < -0.39 is 0 Å². The topological polar surface area (TPSA) is 67.8 Å². The van der Waals surface area contributed by atoms with Gasteiger partial charge in [-0.2, -0.15) is 0 Å². The van der Waals surface area contributed by atoms with Crippen LogP contribution in [-0.2, 0) is 19.4 Å². The molecule has 6 heteroatoms. The van der Waals surface area contributed by atoms with Crippen molar-refractivity contribution in [3.05, 3.63) is 45.4 Å². The van der Waals surface area contributed by atoms with Gasteiger partial charge in [0, 0.05) is 12.1 Å². The number of hydrogen-bond acceptors (Lipinski definition) is 4. The maximum absolute atomic E-state index is 12.3. The minimum Gasteiger partial charge on any atom is -0.293 e. The highest BCUT2D eigenvalue weighted by molar-refractivity contribution is 7.99. The summed E-state index contributed by atoms with van der Waals surface area (Å²) in [5.74, 6) is 0.380. The fourth-order valence-electron chi connectivity index (χ4n) is 2.79. The Balaban J connectivity index is 1.69. The van der Waals surface area contributed by atoms with Crippen molar-refractivity contribution in [2.75, 3.05) is 5.75 Å². The van der Waals surface area contributed by atoms with Gasteiger partial charge in [-0.1, -0.05) is 30.8 Å². The Hall–Kier alpha value is -1.82. The van der Waals surface area contributed by atoms with Crippen LogP contribution >= 0.6 is 11.8 Å². The Bertz CT molecular complexity index is 748. The Morgan fingerprint density at radius 3 is 3.00 bits per heavy atom. The predicted octanol–water partition coefficient (Wildman–Crippen LogP) is 2.45. The van der Waals surface area contributed by atoms with E-state index in [4.69, 9.17) is 0 Å². The van der Waals surface area contributed by atoms with Crippen molar-refractivity contribution in [3.8, 4) is 0 Å². The van der Waals surface area contributed by atoms with E-state index in [0.29, 0.717) is 17.5 Å². The Morgan fingerprint density at radius 1 is 1.36 bits per heavy atom. The lowest BCUT2D eigenvalue weighted by molar-refractivity contribution is 0.102. The van der Waals surface area contributed by atoms with E-state index in [0.717, 1.165) is 24.8 Å². The number of carbonyl (C=O) groups is 1. The second kappa shape index (κ2) is 6.52. The standard InChI is InChI=1S/C16H19N3O2S/c1-2-8-19-15(21)17-18-16(19)22-10-14(20)13-7-6-11-4-3-5-12(11)9-13/h6-7,9H,2-5,8,10H2,1H3,(H,17,21). The largest absolute Gasteiger partial charge is 0.343 e. The van der Waals surface area contributed by atoms with Crippen LogP contribution in [0.3, 0.4) is 0 Å². The molecule has 0 atom stereocenters. The van der Waals surface area contributed by atoms with Crippen molar-refractivity contribution in [3.63, 3.8) is 0 Å². The van der Waals surface area contributed by atoms with Gasteiger partial charge in [-0.05, 0) is 42.9 Å². The van der Waals surface area contributed by atoms with Gasteiger partial charge in [0.2, 0.25) is 0 Å². The number of nitrogens with one attached hydrogen (secondary N) is 1. The van der Waals surface area contributed by atoms with Gasteiger partial charge in [0.25, 0.3) is 0 Å². The number of thioether (sulfide) groups is 1. The van der Waals surface area contributed by atoms with E-state index in [-0.39, 0.29) is 11.5 Å². The molecule has 1 aromatic heterocycles. The first kappa shape index (κ1) is 15.1. The summed E-state index contributed by atoms with van der Waals surface area (Å²) >= 11 is 1.32. The maximum atomic E-state index is 12.3. The fourth-order valence-corrected chi connectivity index (χ4v) is 3.66. The molecular formula is C16H19N3O2S. The van der Waals surface area contributed by atoms with Crippen molar-refractivity contribution in [2.45, 2.75) is 44.3 Å². The van der Waals surface area contributed by atoms with Gasteiger partial charge in [-0.25, -0.2) is 9.89 Å². The molecule has 3 rings (SSSR count). The molecule has 0 amide bonds. The van der Waals surface area contributed by atoms with Crippen LogP contribution in [0.15, 0.2) is 28.2 Å². The second-order valence-electron chi connectivity index (χ2n) is 5.51. The quantitative estimate of drug-likeness (QED) is 0.656. The third-order valence-electron chi connectivity index (χ3n) is 3.92. The minimum atomic E-state index is -0.214. The fraction of sp³-hybridized carbons (Fsp3) is 0.438. The SMILES string of the molecule is CCCn1c(SCC(=O)c2ccc3c(c2)CCC3)n[nH]c1=O. The van der Waals surface area contributed by atoms with E-state index in [1.165, 1.54) is 29.3 Å². The summed E-state index contributed by atoms with van der Waals surface area (Å²) in [6.07, 6.45) is 4.22. The molecule has 1 aliphatic carbocycles. The number of ketones is 1. The number of aromatic amines is 1. The zero-order chi connectivity index (χ0) is 15.5. The average molecular weight is 317 g/mol. The smallest absolute Gasteiger partial charge is 0.293 e. The van der Waals surface area contributed by atoms with Crippen LogP contribution in [0.1, 0.15) is 41.3 Å². The predicted molar refractivity (Wildman–Crippen MR) is 86.7 cm³/mol. The van der Waals surface area contributed by atoms with Gasteiger partial charge in [0.1, 0.15) is 0 Å². The van der Waals surface area contributed by atoms with Crippen molar-refractivity contribution in [1.82, 2.24) is 14.8 Å². The first-order valence-corrected chi connectivity index (χ1v) is 8.60. The highest BCUT2D eigenvalue weighted by Gasteiger charge is 2.15. The first-order chi connectivity index (χ1) is 10.7. The molecular weight excluding hydrogens is 298 g/mol. The van der Waals surface area contributed by atoms with Crippen LogP contribution in [-0.4, -0.2) is 26.3 Å². The Kier molecular flexibility index (Phi) is 4.47. The number of benzene rings is 1. The summed E-state index contributed by atoms with van der Waals surface area (Å²) in [7, 11) is 0. The van der Waals surface area contributed by atoms with Crippen molar-refractivity contribution >= 4 is 17.5 Å². The van der Waals surface area contributed by atoms with Gasteiger partial charge in [0.05, 0.1) is 5.75 Å². The molecule has 1 aromatic carbocycles. The van der Waals surface area contributed by atoms with Crippen LogP contribution in [0.2, 0.25) is 0 Å². The molecule has 0 radical (unpaired) electrons. The molecule has 0 aliphatic heterocycles. The lowest BCUT2D eigenvalue weighted by Crippen LogP contribution is -2.17. The van der Waals surface area contributed by atoms with Crippen LogP contribution in [0.5, 0.6) is 0 Å². The lowest BCUT2D eigenvalue weighted by atomic mass is 10.0. The summed E-state index contributed by atoms with van der Waals surface area (Å²) in [5.41, 5.74) is 3.22. The average Bonchev–Trinajstić information content (AvgIpc) is 3.12. The van der Waals surface area contributed by atoms with Crippen molar-refractivity contribution < 1.29 is 4.79 Å². The minimum absolute atomic E-state index is 0.0817. The molecule has 22 heavy (non-hydrogen) atoms. The highest BCUT2D eigenvalue weighted by atomic mass is 32.2. The summed E-state index contributed by atoms with van der Waals surface area (Å²) in [6, 6.07) is 6.01. The van der Waals surface area contributed by atoms with E-state index in [1.807, 2.05) is 19.1 Å². The number of nitrogens with zero attached hydrogens (tertiary/aromatic N) is 2. The van der Waals surface area contributed by atoms with Gasteiger partial charge < -0.3 is 0 Å². The molecule has 0 bridgehead atoms. The van der Waals surface area contributed by atoms with Crippen molar-refractivity contribution in [2.24, 2.45) is 0 Å². The van der Waals surface area contributed by atoms with Crippen LogP contribution in [0.25, 0.3) is 0 Å². The van der Waals surface area contributed by atoms with Crippen LogP contribution in [0.4, 0.5) is 0 Å². The highest BCUT2D eigenvalue weighted by Crippen LogP contribution is 2.24. The summed E-state index contributed by atoms with van der Waals surface area (Å²) in [5, 5.41) is 7.02. The van der Waals surface area contributed by atoms with Crippen molar-refractivity contribution in [1.29, 1.82) is 0 Å².